The normalized spacial score (nSPS) is 23.8. The van der Waals surface area contributed by atoms with Crippen LogP contribution in [0.3, 0.4) is 0 Å². The summed E-state index contributed by atoms with van der Waals surface area (Å²) < 4.78 is 9.65. The summed E-state index contributed by atoms with van der Waals surface area (Å²) in [5.74, 6) is 1.73. The van der Waals surface area contributed by atoms with E-state index in [4.69, 9.17) is 26.4 Å². The van der Waals surface area contributed by atoms with Crippen LogP contribution in [0.15, 0.2) is 102 Å². The predicted octanol–water partition coefficient (Wildman–Crippen LogP) is 9.75. The Morgan fingerprint density at radius 3 is 2.29 bits per heavy atom. The number of aliphatic hydroxyl groups excluding tert-OH is 1. The molecule has 6 aliphatic rings. The third kappa shape index (κ3) is 10.4. The Bertz CT molecular complexity index is 3180. The van der Waals surface area contributed by atoms with Gasteiger partial charge in [0.15, 0.2) is 0 Å². The van der Waals surface area contributed by atoms with Crippen molar-refractivity contribution in [2.45, 2.75) is 139 Å². The number of likely N-dealkylation sites (tertiary alicyclic amines) is 2. The van der Waals surface area contributed by atoms with Crippen LogP contribution in [0, 0.1) is 11.3 Å². The molecule has 4 aliphatic heterocycles. The first-order valence-corrected chi connectivity index (χ1v) is 29.4. The molecule has 6 aromatic rings. The highest BCUT2D eigenvalue weighted by Gasteiger charge is 2.48. The molecule has 2 aliphatic carbocycles. The molecule has 2 aromatic heterocycles. The monoisotopic (exact) mass is 1070 g/mol. The van der Waals surface area contributed by atoms with E-state index in [1.165, 1.54) is 23.2 Å². The molecule has 15 heteroatoms. The Morgan fingerprint density at radius 2 is 1.56 bits per heavy atom. The topological polar surface area (TPSA) is 151 Å². The van der Waals surface area contributed by atoms with E-state index >= 15 is 0 Å². The summed E-state index contributed by atoms with van der Waals surface area (Å²) in [6.45, 7) is 12.8. The van der Waals surface area contributed by atoms with Crippen LogP contribution in [-0.2, 0) is 19.7 Å². The number of carbonyl (C=O) groups is 2. The van der Waals surface area contributed by atoms with Crippen LogP contribution < -0.4 is 10.9 Å². The van der Waals surface area contributed by atoms with Crippen LogP contribution in [0.25, 0.3) is 27.7 Å². The zero-order valence-electron chi connectivity index (χ0n) is 45.7. The van der Waals surface area contributed by atoms with Crippen molar-refractivity contribution in [1.82, 2.24) is 44.6 Å². The van der Waals surface area contributed by atoms with E-state index < -0.39 is 23.6 Å². The molecule has 4 atom stereocenters. The molecule has 2 saturated carbocycles. The zero-order chi connectivity index (χ0) is 53.7. The van der Waals surface area contributed by atoms with Crippen molar-refractivity contribution in [3.8, 4) is 16.8 Å². The van der Waals surface area contributed by atoms with E-state index in [1.807, 2.05) is 57.3 Å². The molecule has 0 bridgehead atoms. The second-order valence-electron chi connectivity index (χ2n) is 24.7. The van der Waals surface area contributed by atoms with Crippen LogP contribution in [0.5, 0.6) is 0 Å². The van der Waals surface area contributed by atoms with Crippen molar-refractivity contribution in [3.63, 3.8) is 0 Å². The molecule has 410 valence electrons. The van der Waals surface area contributed by atoms with Gasteiger partial charge >= 0.3 is 0 Å². The molecule has 2 N–H and O–H groups in total. The van der Waals surface area contributed by atoms with Crippen molar-refractivity contribution in [1.29, 1.82) is 0 Å². The fourth-order valence-electron chi connectivity index (χ4n) is 14.4. The van der Waals surface area contributed by atoms with Crippen molar-refractivity contribution in [2.24, 2.45) is 11.3 Å². The lowest BCUT2D eigenvalue weighted by Crippen LogP contribution is -2.52. The van der Waals surface area contributed by atoms with E-state index in [2.05, 4.69) is 79.5 Å². The number of aliphatic hydroxyl groups is 1. The number of hydrogen-bond acceptors (Lipinski definition) is 10. The van der Waals surface area contributed by atoms with Gasteiger partial charge < -0.3 is 25.0 Å². The predicted molar refractivity (Wildman–Crippen MR) is 304 cm³/mol. The maximum Gasteiger partial charge on any atom is 0.282 e. The Kier molecular flexibility index (Phi) is 15.0. The number of nitrogens with one attached hydrogen (secondary N) is 1. The summed E-state index contributed by atoms with van der Waals surface area (Å²) >= 11 is 6.67. The van der Waals surface area contributed by atoms with E-state index in [-0.39, 0.29) is 47.7 Å². The first kappa shape index (κ1) is 52.9. The van der Waals surface area contributed by atoms with Gasteiger partial charge in [-0.3, -0.25) is 23.9 Å². The number of morpholine rings is 1. The van der Waals surface area contributed by atoms with Gasteiger partial charge in [-0.05, 0) is 128 Å². The van der Waals surface area contributed by atoms with Crippen molar-refractivity contribution >= 4 is 34.3 Å². The smallest absolute Gasteiger partial charge is 0.282 e. The molecule has 6 heterocycles. The van der Waals surface area contributed by atoms with Crippen molar-refractivity contribution < 1.29 is 19.4 Å². The van der Waals surface area contributed by atoms with E-state index in [0.717, 1.165) is 131 Å². The van der Waals surface area contributed by atoms with E-state index in [9.17, 15) is 19.5 Å². The molecule has 4 aromatic carbocycles. The highest BCUT2D eigenvalue weighted by atomic mass is 35.5. The zero-order valence-corrected chi connectivity index (χ0v) is 46.4. The lowest BCUT2D eigenvalue weighted by molar-refractivity contribution is -0.144. The van der Waals surface area contributed by atoms with Crippen LogP contribution in [0.1, 0.15) is 150 Å². The Labute approximate surface area is 463 Å². The molecular formula is C63H76ClN9O5. The number of β-amino-alcohol motifs (C(OH)–C–C–N with tert-alkyl or cyclic N) is 1. The molecule has 5 fully saturated rings. The fraction of sp³-hybridized carbons (Fsp3) is 0.524. The summed E-state index contributed by atoms with van der Waals surface area (Å²) in [4.78, 5) is 54.4. The van der Waals surface area contributed by atoms with Gasteiger partial charge in [0, 0.05) is 51.3 Å². The van der Waals surface area contributed by atoms with Crippen LogP contribution in [-0.4, -0.2) is 127 Å². The number of rotatable bonds is 12. The van der Waals surface area contributed by atoms with Crippen molar-refractivity contribution in [2.75, 3.05) is 59.0 Å². The van der Waals surface area contributed by atoms with Gasteiger partial charge in [0.1, 0.15) is 17.9 Å². The minimum atomic E-state index is -0.836. The highest BCUT2D eigenvalue weighted by molar-refractivity contribution is 6.35. The number of benzene rings is 4. The summed E-state index contributed by atoms with van der Waals surface area (Å²) in [6, 6.07) is 29.6. The second kappa shape index (κ2) is 22.0. The molecule has 2 amide bonds. The number of hydrogen-bond donors (Lipinski definition) is 2. The fourth-order valence-corrected chi connectivity index (χ4v) is 14.7. The van der Waals surface area contributed by atoms with Crippen LogP contribution >= 0.6 is 11.6 Å². The largest absolute Gasteiger partial charge is 0.391 e. The summed E-state index contributed by atoms with van der Waals surface area (Å²) in [5, 5.41) is 24.8. The molecule has 3 saturated heterocycles. The molecule has 78 heavy (non-hydrogen) atoms. The molecule has 0 radical (unpaired) electrons. The van der Waals surface area contributed by atoms with Gasteiger partial charge in [0.2, 0.25) is 11.8 Å². The van der Waals surface area contributed by atoms with Gasteiger partial charge in [-0.25, -0.2) is 4.68 Å². The average molecular weight is 1070 g/mol. The number of carbonyl (C=O) groups excluding carboxylic acids is 2. The van der Waals surface area contributed by atoms with Gasteiger partial charge in [0.25, 0.3) is 5.56 Å². The average Bonchev–Trinajstić information content (AvgIpc) is 4.38. The number of ether oxygens (including phenoxy) is 1. The molecule has 12 rings (SSSR count). The van der Waals surface area contributed by atoms with E-state index in [0.29, 0.717) is 42.0 Å². The van der Waals surface area contributed by atoms with Crippen LogP contribution in [0.2, 0.25) is 5.02 Å². The maximum absolute atomic E-state index is 14.9. The van der Waals surface area contributed by atoms with E-state index in [1.54, 1.807) is 15.6 Å². The number of halogens is 1. The summed E-state index contributed by atoms with van der Waals surface area (Å²) in [5.41, 5.74) is 7.82. The highest BCUT2D eigenvalue weighted by Crippen LogP contribution is 2.52. The minimum Gasteiger partial charge on any atom is -0.391 e. The van der Waals surface area contributed by atoms with Crippen LogP contribution in [0.4, 0.5) is 0 Å². The number of piperidine rings is 1. The molecule has 1 spiro atoms. The third-order valence-electron chi connectivity index (χ3n) is 18.6. The van der Waals surface area contributed by atoms with Crippen molar-refractivity contribution in [3.05, 3.63) is 141 Å². The summed E-state index contributed by atoms with van der Waals surface area (Å²) in [6.07, 6.45) is 13.3. The van der Waals surface area contributed by atoms with Gasteiger partial charge in [0.05, 0.1) is 58.1 Å². The van der Waals surface area contributed by atoms with Gasteiger partial charge in [-0.15, -0.1) is 5.10 Å². The number of aromatic nitrogens is 5. The minimum absolute atomic E-state index is 0.0754. The van der Waals surface area contributed by atoms with Gasteiger partial charge in [-0.2, -0.15) is 4.98 Å². The number of amides is 2. The Hall–Kier alpha value is -5.77. The first-order chi connectivity index (χ1) is 37.8. The SMILES string of the molecule is CC(C)(C)[C@@H](C(=O)N1C[C@H](O)C[C@H]1C(=O)N[C@@H](CN1CCOCC1)c1ccc(-c2ccccc2)cc1)n1cc(C2CCC(CN3CCC(c4ccc5c(c4)-n4c(nc(=O)c6c(Cl)cccc64)C54CCCCC4)CC3)CC2)nn1. The maximum atomic E-state index is 14.9. The second-order valence-corrected chi connectivity index (χ2v) is 25.1. The lowest BCUT2D eigenvalue weighted by Gasteiger charge is -2.37. The first-order valence-electron chi connectivity index (χ1n) is 29.1. The standard InChI is InChI=1S/C63H76ClN9O5/c1-62(2,3)57(60(77)71-38-48(74)36-55(71)58(75)65-51(39-70-31-33-78-34-32-70)45-21-19-43(20-22-45)42-11-6-4-7-12-42)72-40-52(67-68-72)46-17-15-41(16-18-46)37-69-29-25-44(26-30-69)47-23-24-49-54(35-47)73-53-14-10-13-50(64)56(53)59(76)66-61(73)63(49)27-8-5-9-28-63/h4,6-7,10-14,19-24,35,40-41,44,46,48,51,55,57,74H,5,8-9,15-18,25-34,36-39H2,1-3H3,(H,65,75)/t41?,46?,48-,51+,55+,57-/m1/s1. The number of nitrogens with zero attached hydrogens (tertiary/aromatic N) is 8. The third-order valence-corrected chi connectivity index (χ3v) is 18.9. The Balaban J connectivity index is 0.676. The Morgan fingerprint density at radius 1 is 0.833 bits per heavy atom. The quantitative estimate of drug-likeness (QED) is 0.121. The molecular weight excluding hydrogens is 998 g/mol. The summed E-state index contributed by atoms with van der Waals surface area (Å²) in [7, 11) is 0. The number of fused-ring (bicyclic) bond motifs is 7. The molecule has 14 nitrogen and oxygen atoms in total. The lowest BCUT2D eigenvalue weighted by atomic mass is 9.69. The molecule has 0 unspecified atom stereocenters. The van der Waals surface area contributed by atoms with Gasteiger partial charge in [-0.1, -0.05) is 130 Å².